The monoisotopic (exact) mass is 297 g/mol. The van der Waals surface area contributed by atoms with Gasteiger partial charge in [-0.2, -0.15) is 0 Å². The van der Waals surface area contributed by atoms with Gasteiger partial charge in [0.1, 0.15) is 6.61 Å². The first kappa shape index (κ1) is 14.7. The van der Waals surface area contributed by atoms with E-state index in [0.29, 0.717) is 32.8 Å². The molecule has 1 N–H and O–H groups in total. The molecule has 0 aromatic carbocycles. The van der Waals surface area contributed by atoms with Crippen molar-refractivity contribution in [2.24, 2.45) is 0 Å². The molecule has 118 valence electrons. The first-order chi connectivity index (χ1) is 10.2. The fourth-order valence-electron chi connectivity index (χ4n) is 3.55. The molecule has 2 amide bonds. The molecule has 0 saturated carbocycles. The minimum absolute atomic E-state index is 0.00223. The lowest BCUT2D eigenvalue weighted by Gasteiger charge is -2.43. The maximum Gasteiger partial charge on any atom is 0.249 e. The smallest absolute Gasteiger partial charge is 0.249 e. The number of carbonyl (C=O) groups is 2. The second-order valence-electron chi connectivity index (χ2n) is 5.93. The highest BCUT2D eigenvalue weighted by Gasteiger charge is 2.45. The summed E-state index contributed by atoms with van der Waals surface area (Å²) in [6.07, 6.45) is 1.81. The SMILES string of the molecule is CNC(=O)CN1C[C@@H]2OCC(=O)N(C3CCOCC3)[C@H]2C1. The fraction of sp³-hybridized carbons (Fsp3) is 0.857. The Morgan fingerprint density at radius 2 is 2.10 bits per heavy atom. The summed E-state index contributed by atoms with van der Waals surface area (Å²) < 4.78 is 11.1. The highest BCUT2D eigenvalue weighted by atomic mass is 16.5. The molecule has 3 fully saturated rings. The molecule has 7 heteroatoms. The fourth-order valence-corrected chi connectivity index (χ4v) is 3.55. The molecule has 0 unspecified atom stereocenters. The Hall–Kier alpha value is -1.18. The van der Waals surface area contributed by atoms with Crippen molar-refractivity contribution in [3.63, 3.8) is 0 Å². The minimum Gasteiger partial charge on any atom is -0.381 e. The lowest BCUT2D eigenvalue weighted by molar-refractivity contribution is -0.159. The van der Waals surface area contributed by atoms with Crippen LogP contribution in [0.15, 0.2) is 0 Å². The van der Waals surface area contributed by atoms with Gasteiger partial charge < -0.3 is 19.7 Å². The Balaban J connectivity index is 1.68. The average molecular weight is 297 g/mol. The molecule has 0 spiro atoms. The Bertz CT molecular complexity index is 411. The van der Waals surface area contributed by atoms with Crippen molar-refractivity contribution in [2.75, 3.05) is 46.5 Å². The topological polar surface area (TPSA) is 71.1 Å². The third-order valence-electron chi connectivity index (χ3n) is 4.61. The van der Waals surface area contributed by atoms with Gasteiger partial charge in [0, 0.05) is 39.4 Å². The zero-order chi connectivity index (χ0) is 14.8. The van der Waals surface area contributed by atoms with E-state index in [-0.39, 0.29) is 36.6 Å². The molecule has 3 rings (SSSR count). The predicted molar refractivity (Wildman–Crippen MR) is 74.7 cm³/mol. The number of likely N-dealkylation sites (N-methyl/N-ethyl adjacent to an activating group) is 1. The number of nitrogens with one attached hydrogen (secondary N) is 1. The molecule has 7 nitrogen and oxygen atoms in total. The summed E-state index contributed by atoms with van der Waals surface area (Å²) in [5, 5.41) is 2.64. The van der Waals surface area contributed by atoms with Gasteiger partial charge in [0.25, 0.3) is 0 Å². The van der Waals surface area contributed by atoms with Gasteiger partial charge in [0.15, 0.2) is 0 Å². The summed E-state index contributed by atoms with van der Waals surface area (Å²) >= 11 is 0. The van der Waals surface area contributed by atoms with Crippen LogP contribution in [-0.2, 0) is 19.1 Å². The molecular formula is C14H23N3O4. The Labute approximate surface area is 124 Å². The Morgan fingerprint density at radius 1 is 1.33 bits per heavy atom. The van der Waals surface area contributed by atoms with Crippen molar-refractivity contribution in [3.05, 3.63) is 0 Å². The lowest BCUT2D eigenvalue weighted by atomic mass is 10.0. The quantitative estimate of drug-likeness (QED) is 0.710. The zero-order valence-corrected chi connectivity index (χ0v) is 12.4. The Kier molecular flexibility index (Phi) is 4.42. The molecule has 21 heavy (non-hydrogen) atoms. The molecule has 3 heterocycles. The summed E-state index contributed by atoms with van der Waals surface area (Å²) in [7, 11) is 1.64. The van der Waals surface area contributed by atoms with E-state index in [1.54, 1.807) is 7.05 Å². The largest absolute Gasteiger partial charge is 0.381 e. The number of morpholine rings is 1. The summed E-state index contributed by atoms with van der Waals surface area (Å²) in [4.78, 5) is 27.9. The summed E-state index contributed by atoms with van der Waals surface area (Å²) in [5.74, 6) is 0.0718. The molecule has 3 aliphatic heterocycles. The van der Waals surface area contributed by atoms with Crippen molar-refractivity contribution in [2.45, 2.75) is 31.0 Å². The first-order valence-electron chi connectivity index (χ1n) is 7.62. The van der Waals surface area contributed by atoms with Crippen LogP contribution in [0.5, 0.6) is 0 Å². The van der Waals surface area contributed by atoms with E-state index in [4.69, 9.17) is 9.47 Å². The van der Waals surface area contributed by atoms with Gasteiger partial charge in [-0.05, 0) is 12.8 Å². The number of amides is 2. The summed E-state index contributed by atoms with van der Waals surface area (Å²) in [6.45, 7) is 3.38. The molecule has 0 aromatic heterocycles. The zero-order valence-electron chi connectivity index (χ0n) is 12.4. The van der Waals surface area contributed by atoms with Gasteiger partial charge >= 0.3 is 0 Å². The van der Waals surface area contributed by atoms with E-state index in [9.17, 15) is 9.59 Å². The molecule has 0 radical (unpaired) electrons. The van der Waals surface area contributed by atoms with Gasteiger partial charge in [-0.1, -0.05) is 0 Å². The highest BCUT2D eigenvalue weighted by Crippen LogP contribution is 2.28. The molecule has 0 bridgehead atoms. The molecule has 0 aliphatic carbocycles. The van der Waals surface area contributed by atoms with Crippen LogP contribution in [0.3, 0.4) is 0 Å². The van der Waals surface area contributed by atoms with E-state index < -0.39 is 0 Å². The van der Waals surface area contributed by atoms with Crippen LogP contribution in [0.4, 0.5) is 0 Å². The van der Waals surface area contributed by atoms with Gasteiger partial charge in [0.05, 0.1) is 18.7 Å². The molecule has 2 atom stereocenters. The summed E-state index contributed by atoms with van der Waals surface area (Å²) in [5.41, 5.74) is 0. The van der Waals surface area contributed by atoms with Crippen molar-refractivity contribution < 1.29 is 19.1 Å². The van der Waals surface area contributed by atoms with E-state index in [0.717, 1.165) is 12.8 Å². The second-order valence-corrected chi connectivity index (χ2v) is 5.93. The number of ether oxygens (including phenoxy) is 2. The molecular weight excluding hydrogens is 274 g/mol. The summed E-state index contributed by atoms with van der Waals surface area (Å²) in [6, 6.07) is 0.321. The predicted octanol–water partition coefficient (Wildman–Crippen LogP) is -1.18. The molecule has 3 saturated heterocycles. The van der Waals surface area contributed by atoms with E-state index >= 15 is 0 Å². The van der Waals surface area contributed by atoms with Crippen LogP contribution in [0, 0.1) is 0 Å². The second kappa shape index (κ2) is 6.29. The van der Waals surface area contributed by atoms with Crippen molar-refractivity contribution >= 4 is 11.8 Å². The van der Waals surface area contributed by atoms with Crippen LogP contribution in [0.1, 0.15) is 12.8 Å². The Morgan fingerprint density at radius 3 is 2.81 bits per heavy atom. The van der Waals surface area contributed by atoms with Gasteiger partial charge in [-0.15, -0.1) is 0 Å². The maximum atomic E-state index is 12.3. The van der Waals surface area contributed by atoms with Crippen LogP contribution in [0.2, 0.25) is 0 Å². The van der Waals surface area contributed by atoms with Crippen LogP contribution in [-0.4, -0.2) is 86.3 Å². The van der Waals surface area contributed by atoms with E-state index in [1.807, 2.05) is 4.90 Å². The van der Waals surface area contributed by atoms with Gasteiger partial charge in [0.2, 0.25) is 11.8 Å². The van der Waals surface area contributed by atoms with Gasteiger partial charge in [-0.25, -0.2) is 0 Å². The number of hydrogen-bond acceptors (Lipinski definition) is 5. The average Bonchev–Trinajstić information content (AvgIpc) is 2.90. The number of carbonyl (C=O) groups excluding carboxylic acids is 2. The van der Waals surface area contributed by atoms with Crippen molar-refractivity contribution in [1.29, 1.82) is 0 Å². The van der Waals surface area contributed by atoms with Crippen LogP contribution in [0.25, 0.3) is 0 Å². The standard InChI is InChI=1S/C14H23N3O4/c1-15-13(18)8-16-6-11-12(7-16)21-9-14(19)17(11)10-2-4-20-5-3-10/h10-12H,2-9H2,1H3,(H,15,18)/t11-,12-/m0/s1. The normalized spacial score (nSPS) is 31.3. The van der Waals surface area contributed by atoms with Crippen LogP contribution >= 0.6 is 0 Å². The molecule has 3 aliphatic rings. The third kappa shape index (κ3) is 3.04. The molecule has 0 aromatic rings. The maximum absolute atomic E-state index is 12.3. The number of fused-ring (bicyclic) bond motifs is 1. The van der Waals surface area contributed by atoms with Crippen molar-refractivity contribution in [1.82, 2.24) is 15.1 Å². The van der Waals surface area contributed by atoms with E-state index in [1.165, 1.54) is 0 Å². The lowest BCUT2D eigenvalue weighted by Crippen LogP contribution is -2.58. The first-order valence-corrected chi connectivity index (χ1v) is 7.62. The minimum atomic E-state index is -0.00223. The third-order valence-corrected chi connectivity index (χ3v) is 4.61. The van der Waals surface area contributed by atoms with Crippen molar-refractivity contribution in [3.8, 4) is 0 Å². The van der Waals surface area contributed by atoms with Gasteiger partial charge in [-0.3, -0.25) is 14.5 Å². The number of rotatable bonds is 3. The van der Waals surface area contributed by atoms with Crippen LogP contribution < -0.4 is 5.32 Å². The van der Waals surface area contributed by atoms with E-state index in [2.05, 4.69) is 10.2 Å². The number of nitrogens with zero attached hydrogens (tertiary/aromatic N) is 2. The number of hydrogen-bond donors (Lipinski definition) is 1. The number of likely N-dealkylation sites (tertiary alicyclic amines) is 1. The highest BCUT2D eigenvalue weighted by molar-refractivity contribution is 5.79.